The summed E-state index contributed by atoms with van der Waals surface area (Å²) in [6.07, 6.45) is 0.729. The standard InChI is InChI=1S/C18H22FNO/c1-11-7-12(2)15(13(3)8-11)10-17(20)14-5-6-16(19)18(9-14)21-4/h5-9,17H,10,20H2,1-4H3. The van der Waals surface area contributed by atoms with Crippen molar-refractivity contribution >= 4 is 0 Å². The second-order valence-electron chi connectivity index (χ2n) is 5.58. The molecule has 21 heavy (non-hydrogen) atoms. The maximum absolute atomic E-state index is 13.5. The summed E-state index contributed by atoms with van der Waals surface area (Å²) in [7, 11) is 1.46. The topological polar surface area (TPSA) is 35.2 Å². The highest BCUT2D eigenvalue weighted by Gasteiger charge is 2.13. The minimum Gasteiger partial charge on any atom is -0.494 e. The summed E-state index contributed by atoms with van der Waals surface area (Å²) in [5, 5.41) is 0. The van der Waals surface area contributed by atoms with Gasteiger partial charge in [0.2, 0.25) is 0 Å². The molecular formula is C18H22FNO. The molecule has 0 radical (unpaired) electrons. The molecule has 0 aromatic heterocycles. The normalized spacial score (nSPS) is 12.3. The largest absolute Gasteiger partial charge is 0.494 e. The molecule has 2 nitrogen and oxygen atoms in total. The van der Waals surface area contributed by atoms with Gasteiger partial charge in [-0.3, -0.25) is 0 Å². The van der Waals surface area contributed by atoms with Crippen LogP contribution in [0.2, 0.25) is 0 Å². The second kappa shape index (κ2) is 6.27. The van der Waals surface area contributed by atoms with Gasteiger partial charge in [-0.15, -0.1) is 0 Å². The van der Waals surface area contributed by atoms with Crippen LogP contribution in [0.5, 0.6) is 5.75 Å². The molecule has 0 aliphatic rings. The Labute approximate surface area is 125 Å². The van der Waals surface area contributed by atoms with Crippen LogP contribution in [0.4, 0.5) is 4.39 Å². The van der Waals surface area contributed by atoms with Crippen molar-refractivity contribution in [2.24, 2.45) is 5.73 Å². The molecule has 0 amide bonds. The van der Waals surface area contributed by atoms with Gasteiger partial charge in [0.15, 0.2) is 11.6 Å². The summed E-state index contributed by atoms with van der Waals surface area (Å²) < 4.78 is 18.5. The average molecular weight is 287 g/mol. The summed E-state index contributed by atoms with van der Waals surface area (Å²) in [5.41, 5.74) is 12.2. The fourth-order valence-electron chi connectivity index (χ4n) is 2.78. The summed E-state index contributed by atoms with van der Waals surface area (Å²) in [6.45, 7) is 6.30. The summed E-state index contributed by atoms with van der Waals surface area (Å²) in [6, 6.07) is 8.96. The van der Waals surface area contributed by atoms with Gasteiger partial charge in [-0.05, 0) is 61.6 Å². The number of hydrogen-bond acceptors (Lipinski definition) is 2. The molecule has 2 aromatic carbocycles. The lowest BCUT2D eigenvalue weighted by atomic mass is 9.92. The third kappa shape index (κ3) is 3.42. The number of methoxy groups -OCH3 is 1. The van der Waals surface area contributed by atoms with Crippen LogP contribution in [0.1, 0.15) is 33.9 Å². The van der Waals surface area contributed by atoms with E-state index in [9.17, 15) is 4.39 Å². The molecule has 0 heterocycles. The number of hydrogen-bond donors (Lipinski definition) is 1. The number of halogens is 1. The van der Waals surface area contributed by atoms with Crippen LogP contribution in [0, 0.1) is 26.6 Å². The second-order valence-corrected chi connectivity index (χ2v) is 5.58. The van der Waals surface area contributed by atoms with Gasteiger partial charge < -0.3 is 10.5 Å². The third-order valence-corrected chi connectivity index (χ3v) is 3.87. The van der Waals surface area contributed by atoms with Gasteiger partial charge in [0.1, 0.15) is 0 Å². The summed E-state index contributed by atoms with van der Waals surface area (Å²) in [4.78, 5) is 0. The van der Waals surface area contributed by atoms with Gasteiger partial charge >= 0.3 is 0 Å². The van der Waals surface area contributed by atoms with Crippen molar-refractivity contribution in [2.75, 3.05) is 7.11 Å². The molecule has 112 valence electrons. The molecule has 1 unspecified atom stereocenters. The van der Waals surface area contributed by atoms with E-state index < -0.39 is 0 Å². The van der Waals surface area contributed by atoms with Crippen molar-refractivity contribution in [3.05, 3.63) is 64.0 Å². The highest BCUT2D eigenvalue weighted by Crippen LogP contribution is 2.26. The maximum Gasteiger partial charge on any atom is 0.165 e. The molecule has 2 N–H and O–H groups in total. The number of ether oxygens (including phenoxy) is 1. The van der Waals surface area contributed by atoms with E-state index in [2.05, 4.69) is 32.9 Å². The Bertz CT molecular complexity index is 629. The first-order valence-corrected chi connectivity index (χ1v) is 7.08. The van der Waals surface area contributed by atoms with Gasteiger partial charge in [-0.1, -0.05) is 23.8 Å². The number of nitrogens with two attached hydrogens (primary N) is 1. The van der Waals surface area contributed by atoms with Crippen LogP contribution in [0.3, 0.4) is 0 Å². The van der Waals surface area contributed by atoms with Crippen molar-refractivity contribution in [3.63, 3.8) is 0 Å². The van der Waals surface area contributed by atoms with Crippen LogP contribution in [0.25, 0.3) is 0 Å². The molecule has 2 aromatic rings. The molecule has 2 rings (SSSR count). The predicted molar refractivity (Wildman–Crippen MR) is 84.2 cm³/mol. The zero-order valence-electron chi connectivity index (χ0n) is 13.0. The molecule has 0 aliphatic carbocycles. The van der Waals surface area contributed by atoms with Crippen molar-refractivity contribution in [1.82, 2.24) is 0 Å². The average Bonchev–Trinajstić information content (AvgIpc) is 2.43. The lowest BCUT2D eigenvalue weighted by Gasteiger charge is -2.17. The molecule has 0 aliphatic heterocycles. The van der Waals surface area contributed by atoms with E-state index in [0.717, 1.165) is 12.0 Å². The number of benzene rings is 2. The highest BCUT2D eigenvalue weighted by atomic mass is 19.1. The smallest absolute Gasteiger partial charge is 0.165 e. The monoisotopic (exact) mass is 287 g/mol. The van der Waals surface area contributed by atoms with Gasteiger partial charge in [-0.2, -0.15) is 0 Å². The Balaban J connectivity index is 2.28. The first kappa shape index (κ1) is 15.5. The fourth-order valence-corrected chi connectivity index (χ4v) is 2.78. The fraction of sp³-hybridized carbons (Fsp3) is 0.333. The molecule has 0 saturated carbocycles. The van der Waals surface area contributed by atoms with Crippen LogP contribution >= 0.6 is 0 Å². The van der Waals surface area contributed by atoms with E-state index in [1.165, 1.54) is 35.4 Å². The van der Waals surface area contributed by atoms with Crippen LogP contribution < -0.4 is 10.5 Å². The van der Waals surface area contributed by atoms with Gasteiger partial charge in [0.05, 0.1) is 7.11 Å². The van der Waals surface area contributed by atoms with E-state index in [0.29, 0.717) is 0 Å². The molecule has 0 bridgehead atoms. The molecule has 1 atom stereocenters. The third-order valence-electron chi connectivity index (χ3n) is 3.87. The van der Waals surface area contributed by atoms with Crippen molar-refractivity contribution in [1.29, 1.82) is 0 Å². The van der Waals surface area contributed by atoms with Crippen molar-refractivity contribution < 1.29 is 9.13 Å². The zero-order valence-corrected chi connectivity index (χ0v) is 13.0. The van der Waals surface area contributed by atoms with Gasteiger partial charge in [-0.25, -0.2) is 4.39 Å². The Hall–Kier alpha value is -1.87. The molecular weight excluding hydrogens is 265 g/mol. The summed E-state index contributed by atoms with van der Waals surface area (Å²) in [5.74, 6) is -0.128. The molecule has 0 saturated heterocycles. The van der Waals surface area contributed by atoms with E-state index in [-0.39, 0.29) is 17.6 Å². The van der Waals surface area contributed by atoms with Crippen LogP contribution in [-0.2, 0) is 6.42 Å². The Morgan fingerprint density at radius 3 is 2.29 bits per heavy atom. The molecule has 0 spiro atoms. The Kier molecular flexibility index (Phi) is 4.63. The SMILES string of the molecule is COc1cc(C(N)Cc2c(C)cc(C)cc2C)ccc1F. The lowest BCUT2D eigenvalue weighted by Crippen LogP contribution is -2.15. The van der Waals surface area contributed by atoms with E-state index in [1.807, 2.05) is 0 Å². The number of rotatable bonds is 4. The predicted octanol–water partition coefficient (Wildman–Crippen LogP) is 4.00. The zero-order chi connectivity index (χ0) is 15.6. The number of aryl methyl sites for hydroxylation is 3. The van der Waals surface area contributed by atoms with E-state index >= 15 is 0 Å². The van der Waals surface area contributed by atoms with E-state index in [4.69, 9.17) is 10.5 Å². The minimum absolute atomic E-state index is 0.181. The minimum atomic E-state index is -0.365. The van der Waals surface area contributed by atoms with Crippen LogP contribution in [-0.4, -0.2) is 7.11 Å². The first-order valence-electron chi connectivity index (χ1n) is 7.08. The van der Waals surface area contributed by atoms with Crippen LogP contribution in [0.15, 0.2) is 30.3 Å². The van der Waals surface area contributed by atoms with E-state index in [1.54, 1.807) is 12.1 Å². The highest BCUT2D eigenvalue weighted by molar-refractivity contribution is 5.39. The summed E-state index contributed by atoms with van der Waals surface area (Å²) >= 11 is 0. The van der Waals surface area contributed by atoms with Crippen molar-refractivity contribution in [3.8, 4) is 5.75 Å². The Morgan fingerprint density at radius 1 is 1.10 bits per heavy atom. The first-order chi connectivity index (χ1) is 9.92. The van der Waals surface area contributed by atoms with Crippen molar-refractivity contribution in [2.45, 2.75) is 33.2 Å². The maximum atomic E-state index is 13.5. The molecule has 0 fully saturated rings. The molecule has 3 heteroatoms. The van der Waals surface area contributed by atoms with Gasteiger partial charge in [0.25, 0.3) is 0 Å². The van der Waals surface area contributed by atoms with Gasteiger partial charge in [0, 0.05) is 6.04 Å². The quantitative estimate of drug-likeness (QED) is 0.922. The Morgan fingerprint density at radius 2 is 1.71 bits per heavy atom. The lowest BCUT2D eigenvalue weighted by molar-refractivity contribution is 0.385.